The molecule has 1 aromatic rings. The van der Waals surface area contributed by atoms with Crippen LogP contribution >= 0.6 is 0 Å². The second-order valence-corrected chi connectivity index (χ2v) is 10.2. The molecule has 1 saturated heterocycles. The molecule has 0 aromatic heterocycles. The van der Waals surface area contributed by atoms with Gasteiger partial charge in [0, 0.05) is 18.5 Å². The van der Waals surface area contributed by atoms with Crippen LogP contribution in [0, 0.1) is 17.8 Å². The van der Waals surface area contributed by atoms with Gasteiger partial charge in [0.2, 0.25) is 0 Å². The Hall–Kier alpha value is -2.04. The van der Waals surface area contributed by atoms with Crippen LogP contribution in [0.1, 0.15) is 61.7 Å². The summed E-state index contributed by atoms with van der Waals surface area (Å²) in [6, 6.07) is 7.52. The van der Waals surface area contributed by atoms with Crippen molar-refractivity contribution in [3.8, 4) is 5.75 Å². The van der Waals surface area contributed by atoms with Crippen molar-refractivity contribution in [1.82, 2.24) is 10.2 Å². The normalized spacial score (nSPS) is 40.5. The van der Waals surface area contributed by atoms with Gasteiger partial charge in [-0.05, 0) is 68.4 Å². The molecule has 6 aliphatic rings. The average molecular weight is 380 g/mol. The van der Waals surface area contributed by atoms with E-state index < -0.39 is 5.60 Å². The van der Waals surface area contributed by atoms with Crippen molar-refractivity contribution in [3.63, 3.8) is 0 Å². The van der Waals surface area contributed by atoms with Gasteiger partial charge >= 0.3 is 6.03 Å². The molecule has 2 amide bonds. The van der Waals surface area contributed by atoms with Crippen LogP contribution in [0.25, 0.3) is 0 Å². The van der Waals surface area contributed by atoms with Crippen molar-refractivity contribution in [1.29, 1.82) is 0 Å². The molecule has 2 aliphatic heterocycles. The fraction of sp³-hybridized carbons (Fsp3) is 0.652. The Labute approximate surface area is 165 Å². The maximum absolute atomic E-state index is 13.2. The lowest BCUT2D eigenvalue weighted by Gasteiger charge is -2.57. The number of carbonyl (C=O) groups excluding carboxylic acids is 2. The second kappa shape index (κ2) is 5.74. The van der Waals surface area contributed by atoms with E-state index in [1.54, 1.807) is 0 Å². The number of urea groups is 1. The number of ketones is 1. The number of nitrogens with zero attached hydrogens (tertiary/aromatic N) is 1. The summed E-state index contributed by atoms with van der Waals surface area (Å²) < 4.78 is 6.28. The number of nitrogens with one attached hydrogen (secondary N) is 1. The maximum Gasteiger partial charge on any atom is 0.317 e. The lowest BCUT2D eigenvalue weighted by Crippen LogP contribution is -2.62. The van der Waals surface area contributed by atoms with Gasteiger partial charge in [-0.15, -0.1) is 0 Å². The molecule has 5 heteroatoms. The Morgan fingerprint density at radius 1 is 1.07 bits per heavy atom. The average Bonchev–Trinajstić information content (AvgIpc) is 3.03. The first-order valence-electron chi connectivity index (χ1n) is 10.9. The standard InChI is InChI=1S/C23H28N2O3/c26-19-13-23(28-20-4-2-1-3-18(19)20)5-6-25(14-23)21(27)24-22-10-15-7-16(11-22)9-17(8-15)12-22/h1-4,15-17H,5-14H2,(H,24,27). The lowest BCUT2D eigenvalue weighted by molar-refractivity contribution is -0.0159. The van der Waals surface area contributed by atoms with Crippen LogP contribution in [0.5, 0.6) is 5.75 Å². The smallest absolute Gasteiger partial charge is 0.317 e. The summed E-state index contributed by atoms with van der Waals surface area (Å²) in [5.74, 6) is 3.24. The van der Waals surface area contributed by atoms with E-state index in [0.29, 0.717) is 30.8 Å². The van der Waals surface area contributed by atoms with E-state index in [1.807, 2.05) is 29.2 Å². The molecule has 5 nitrogen and oxygen atoms in total. The van der Waals surface area contributed by atoms with E-state index in [-0.39, 0.29) is 17.4 Å². The van der Waals surface area contributed by atoms with Crippen molar-refractivity contribution < 1.29 is 14.3 Å². The number of likely N-dealkylation sites (tertiary alicyclic amines) is 1. The van der Waals surface area contributed by atoms with Crippen LogP contribution in [-0.2, 0) is 0 Å². The summed E-state index contributed by atoms with van der Waals surface area (Å²) in [5.41, 5.74) is 0.145. The molecule has 148 valence electrons. The molecule has 1 aromatic carbocycles. The minimum atomic E-state index is -0.551. The monoisotopic (exact) mass is 380 g/mol. The predicted octanol–water partition coefficient (Wildman–Crippen LogP) is 3.77. The molecule has 1 atom stereocenters. The van der Waals surface area contributed by atoms with Crippen molar-refractivity contribution in [2.45, 2.75) is 62.5 Å². The molecule has 1 N–H and O–H groups in total. The van der Waals surface area contributed by atoms with Gasteiger partial charge in [0.15, 0.2) is 5.78 Å². The van der Waals surface area contributed by atoms with Crippen LogP contribution in [0.3, 0.4) is 0 Å². The highest BCUT2D eigenvalue weighted by Gasteiger charge is 2.53. The van der Waals surface area contributed by atoms with E-state index in [0.717, 1.165) is 43.4 Å². The van der Waals surface area contributed by atoms with E-state index in [4.69, 9.17) is 4.74 Å². The fourth-order valence-corrected chi connectivity index (χ4v) is 7.26. The zero-order chi connectivity index (χ0) is 18.9. The largest absolute Gasteiger partial charge is 0.484 e. The van der Waals surface area contributed by atoms with Gasteiger partial charge in [0.25, 0.3) is 0 Å². The molecule has 5 fully saturated rings. The Kier molecular flexibility index (Phi) is 3.46. The van der Waals surface area contributed by atoms with Gasteiger partial charge in [-0.2, -0.15) is 0 Å². The number of amides is 2. The zero-order valence-electron chi connectivity index (χ0n) is 16.3. The number of fused-ring (bicyclic) bond motifs is 1. The number of carbonyl (C=O) groups is 2. The maximum atomic E-state index is 13.2. The molecular weight excluding hydrogens is 352 g/mol. The van der Waals surface area contributed by atoms with Gasteiger partial charge in [-0.3, -0.25) is 4.79 Å². The Morgan fingerprint density at radius 2 is 1.75 bits per heavy atom. The number of hydrogen-bond acceptors (Lipinski definition) is 3. The fourth-order valence-electron chi connectivity index (χ4n) is 7.26. The highest BCUT2D eigenvalue weighted by Crippen LogP contribution is 2.55. The number of rotatable bonds is 1. The molecule has 4 aliphatic carbocycles. The van der Waals surface area contributed by atoms with Crippen molar-refractivity contribution in [2.24, 2.45) is 17.8 Å². The van der Waals surface area contributed by atoms with E-state index >= 15 is 0 Å². The molecule has 28 heavy (non-hydrogen) atoms. The van der Waals surface area contributed by atoms with Crippen LogP contribution in [0.2, 0.25) is 0 Å². The highest BCUT2D eigenvalue weighted by molar-refractivity contribution is 6.00. The topological polar surface area (TPSA) is 58.6 Å². The van der Waals surface area contributed by atoms with Crippen LogP contribution in [0.4, 0.5) is 4.79 Å². The Balaban J connectivity index is 1.17. The van der Waals surface area contributed by atoms with E-state index in [1.165, 1.54) is 19.3 Å². The van der Waals surface area contributed by atoms with E-state index in [9.17, 15) is 9.59 Å². The summed E-state index contributed by atoms with van der Waals surface area (Å²) in [4.78, 5) is 27.7. The Bertz CT molecular complexity index is 815. The van der Waals surface area contributed by atoms with Gasteiger partial charge in [-0.1, -0.05) is 12.1 Å². The molecule has 2 heterocycles. The molecule has 0 radical (unpaired) electrons. The number of ether oxygens (including phenoxy) is 1. The summed E-state index contributed by atoms with van der Waals surface area (Å²) in [5, 5.41) is 3.47. The first-order chi connectivity index (χ1) is 13.5. The lowest BCUT2D eigenvalue weighted by atomic mass is 9.53. The summed E-state index contributed by atoms with van der Waals surface area (Å²) in [6.45, 7) is 1.17. The quantitative estimate of drug-likeness (QED) is 0.807. The summed E-state index contributed by atoms with van der Waals surface area (Å²) >= 11 is 0. The Morgan fingerprint density at radius 3 is 2.46 bits per heavy atom. The van der Waals surface area contributed by atoms with E-state index in [2.05, 4.69) is 5.32 Å². The van der Waals surface area contributed by atoms with Crippen molar-refractivity contribution >= 4 is 11.8 Å². The zero-order valence-corrected chi connectivity index (χ0v) is 16.3. The minimum Gasteiger partial charge on any atom is -0.484 e. The van der Waals surface area contributed by atoms with Gasteiger partial charge in [0.05, 0.1) is 18.5 Å². The van der Waals surface area contributed by atoms with Crippen LogP contribution in [0.15, 0.2) is 24.3 Å². The first kappa shape index (κ1) is 16.9. The third kappa shape index (κ3) is 2.58. The van der Waals surface area contributed by atoms with Gasteiger partial charge in [0.1, 0.15) is 11.4 Å². The third-order valence-corrected chi connectivity index (χ3v) is 8.01. The molecule has 1 spiro atoms. The molecular formula is C23H28N2O3. The molecule has 4 bridgehead atoms. The third-order valence-electron chi connectivity index (χ3n) is 8.01. The second-order valence-electron chi connectivity index (χ2n) is 10.2. The highest BCUT2D eigenvalue weighted by atomic mass is 16.5. The predicted molar refractivity (Wildman–Crippen MR) is 104 cm³/mol. The van der Waals surface area contributed by atoms with Gasteiger partial charge < -0.3 is 15.0 Å². The summed E-state index contributed by atoms with van der Waals surface area (Å²) in [7, 11) is 0. The molecule has 4 saturated carbocycles. The molecule has 7 rings (SSSR count). The van der Waals surface area contributed by atoms with Crippen LogP contribution in [-0.4, -0.2) is 40.9 Å². The van der Waals surface area contributed by atoms with Crippen LogP contribution < -0.4 is 10.1 Å². The summed E-state index contributed by atoms with van der Waals surface area (Å²) in [6.07, 6.45) is 8.68. The van der Waals surface area contributed by atoms with Gasteiger partial charge in [-0.25, -0.2) is 4.79 Å². The number of hydrogen-bond donors (Lipinski definition) is 1. The number of Topliss-reactive ketones (excluding diaryl/α,β-unsaturated/α-hetero) is 1. The number of para-hydroxylation sites is 1. The molecule has 1 unspecified atom stereocenters. The first-order valence-corrected chi connectivity index (χ1v) is 10.9. The SMILES string of the molecule is O=C1CC2(CCN(C(=O)NC34CC5CC(CC(C5)C3)C4)C2)Oc2ccccc21. The minimum absolute atomic E-state index is 0.0252. The van der Waals surface area contributed by atoms with Crippen molar-refractivity contribution in [3.05, 3.63) is 29.8 Å². The van der Waals surface area contributed by atoms with Crippen molar-refractivity contribution in [2.75, 3.05) is 13.1 Å². The number of benzene rings is 1.